The second kappa shape index (κ2) is 6.37. The van der Waals surface area contributed by atoms with Gasteiger partial charge in [0.05, 0.1) is 0 Å². The van der Waals surface area contributed by atoms with E-state index in [0.717, 1.165) is 17.9 Å². The molecule has 1 aromatic carbocycles. The summed E-state index contributed by atoms with van der Waals surface area (Å²) in [5.74, 6) is 0. The van der Waals surface area contributed by atoms with Crippen LogP contribution in [0.25, 0.3) is 0 Å². The lowest BCUT2D eigenvalue weighted by Crippen LogP contribution is -2.17. The highest BCUT2D eigenvalue weighted by Crippen LogP contribution is 2.24. The zero-order valence-corrected chi connectivity index (χ0v) is 12.3. The van der Waals surface area contributed by atoms with Crippen molar-refractivity contribution in [3.8, 4) is 0 Å². The van der Waals surface area contributed by atoms with Gasteiger partial charge in [-0.3, -0.25) is 0 Å². The molecule has 2 aromatic rings. The van der Waals surface area contributed by atoms with Crippen LogP contribution in [0.5, 0.6) is 0 Å². The second-order valence-corrected chi connectivity index (χ2v) is 5.79. The number of hydrogen-bond acceptors (Lipinski definition) is 2. The van der Waals surface area contributed by atoms with E-state index in [9.17, 15) is 0 Å². The van der Waals surface area contributed by atoms with Gasteiger partial charge in [-0.1, -0.05) is 17.7 Å². The number of nitrogens with one attached hydrogen (secondary N) is 1. The van der Waals surface area contributed by atoms with Gasteiger partial charge in [0.2, 0.25) is 0 Å². The van der Waals surface area contributed by atoms with E-state index in [1.165, 1.54) is 16.7 Å². The average molecular weight is 280 g/mol. The van der Waals surface area contributed by atoms with Gasteiger partial charge in [0.15, 0.2) is 0 Å². The summed E-state index contributed by atoms with van der Waals surface area (Å²) >= 11 is 7.88. The number of aryl methyl sites for hydroxylation is 2. The molecule has 0 saturated carbocycles. The van der Waals surface area contributed by atoms with Crippen LogP contribution in [-0.2, 0) is 6.42 Å². The van der Waals surface area contributed by atoms with Crippen LogP contribution < -0.4 is 5.32 Å². The molecule has 96 valence electrons. The summed E-state index contributed by atoms with van der Waals surface area (Å²) in [6.07, 6.45) is 2.19. The van der Waals surface area contributed by atoms with E-state index in [2.05, 4.69) is 41.2 Å². The summed E-state index contributed by atoms with van der Waals surface area (Å²) in [7, 11) is 2.01. The molecule has 0 bridgehead atoms. The van der Waals surface area contributed by atoms with Crippen LogP contribution in [0.3, 0.4) is 0 Å². The zero-order chi connectivity index (χ0) is 13.0. The van der Waals surface area contributed by atoms with E-state index >= 15 is 0 Å². The molecule has 0 spiro atoms. The molecule has 0 saturated heterocycles. The Labute approximate surface area is 118 Å². The third-order valence-corrected chi connectivity index (χ3v) is 4.07. The van der Waals surface area contributed by atoms with Crippen molar-refractivity contribution in [1.82, 2.24) is 5.32 Å². The van der Waals surface area contributed by atoms with E-state index in [-0.39, 0.29) is 0 Å². The highest BCUT2D eigenvalue weighted by molar-refractivity contribution is 7.07. The van der Waals surface area contributed by atoms with E-state index in [1.54, 1.807) is 11.3 Å². The molecule has 0 radical (unpaired) electrons. The van der Waals surface area contributed by atoms with Gasteiger partial charge in [0.25, 0.3) is 0 Å². The summed E-state index contributed by atoms with van der Waals surface area (Å²) in [6, 6.07) is 8.82. The van der Waals surface area contributed by atoms with Gasteiger partial charge in [-0.05, 0) is 72.5 Å². The fourth-order valence-electron chi connectivity index (χ4n) is 2.19. The highest BCUT2D eigenvalue weighted by Gasteiger charge is 2.10. The lowest BCUT2D eigenvalue weighted by atomic mass is 9.99. The van der Waals surface area contributed by atoms with Gasteiger partial charge in [-0.25, -0.2) is 0 Å². The summed E-state index contributed by atoms with van der Waals surface area (Å²) in [5.41, 5.74) is 3.91. The van der Waals surface area contributed by atoms with Gasteiger partial charge >= 0.3 is 0 Å². The molecule has 1 N–H and O–H groups in total. The smallest absolute Gasteiger partial charge is 0.0411 e. The van der Waals surface area contributed by atoms with Crippen LogP contribution in [0.15, 0.2) is 35.0 Å². The Kier molecular flexibility index (Phi) is 4.81. The Hall–Kier alpha value is -0.830. The fraction of sp³-hybridized carbons (Fsp3) is 0.333. The third kappa shape index (κ3) is 3.58. The van der Waals surface area contributed by atoms with Crippen molar-refractivity contribution in [2.75, 3.05) is 7.05 Å². The van der Waals surface area contributed by atoms with Crippen molar-refractivity contribution in [3.63, 3.8) is 0 Å². The van der Waals surface area contributed by atoms with E-state index in [0.29, 0.717) is 6.04 Å². The second-order valence-electron chi connectivity index (χ2n) is 4.57. The molecule has 2 rings (SSSR count). The Bertz CT molecular complexity index is 473. The SMILES string of the molecule is CNC(CCc1ccsc1)c1cc(C)cc(Cl)c1. The lowest BCUT2D eigenvalue weighted by molar-refractivity contribution is 0.549. The standard InChI is InChI=1S/C15H18ClNS/c1-11-7-13(9-14(16)8-11)15(17-2)4-3-12-5-6-18-10-12/h5-10,15,17H,3-4H2,1-2H3. The van der Waals surface area contributed by atoms with Crippen LogP contribution in [0.1, 0.15) is 29.2 Å². The van der Waals surface area contributed by atoms with Crippen LogP contribution in [0.4, 0.5) is 0 Å². The molecule has 0 fully saturated rings. The number of rotatable bonds is 5. The molecule has 18 heavy (non-hydrogen) atoms. The number of halogens is 1. The van der Waals surface area contributed by atoms with Crippen LogP contribution >= 0.6 is 22.9 Å². The third-order valence-electron chi connectivity index (χ3n) is 3.12. The van der Waals surface area contributed by atoms with E-state index in [4.69, 9.17) is 11.6 Å². The number of hydrogen-bond donors (Lipinski definition) is 1. The molecule has 1 atom stereocenters. The summed E-state index contributed by atoms with van der Waals surface area (Å²) in [6.45, 7) is 2.08. The van der Waals surface area contributed by atoms with Crippen molar-refractivity contribution in [2.24, 2.45) is 0 Å². The van der Waals surface area contributed by atoms with Gasteiger partial charge in [0, 0.05) is 11.1 Å². The Morgan fingerprint density at radius 2 is 2.17 bits per heavy atom. The lowest BCUT2D eigenvalue weighted by Gasteiger charge is -2.17. The molecule has 0 aliphatic rings. The minimum atomic E-state index is 0.363. The molecular formula is C15H18ClNS. The Morgan fingerprint density at radius 1 is 1.33 bits per heavy atom. The topological polar surface area (TPSA) is 12.0 Å². The molecular weight excluding hydrogens is 262 g/mol. The van der Waals surface area contributed by atoms with Crippen LogP contribution in [0, 0.1) is 6.92 Å². The zero-order valence-electron chi connectivity index (χ0n) is 10.7. The predicted molar refractivity (Wildman–Crippen MR) is 80.6 cm³/mol. The predicted octanol–water partition coefficient (Wildman–Crippen LogP) is 4.60. The molecule has 0 aliphatic carbocycles. The Balaban J connectivity index is 2.07. The molecule has 0 amide bonds. The van der Waals surface area contributed by atoms with Crippen molar-refractivity contribution in [3.05, 3.63) is 56.7 Å². The normalized spacial score (nSPS) is 12.6. The largest absolute Gasteiger partial charge is 0.313 e. The summed E-state index contributed by atoms with van der Waals surface area (Å²) < 4.78 is 0. The first-order chi connectivity index (χ1) is 8.69. The van der Waals surface area contributed by atoms with E-state index < -0.39 is 0 Å². The first kappa shape index (κ1) is 13.6. The number of benzene rings is 1. The highest BCUT2D eigenvalue weighted by atomic mass is 35.5. The van der Waals surface area contributed by atoms with Crippen molar-refractivity contribution < 1.29 is 0 Å². The number of thiophene rings is 1. The average Bonchev–Trinajstić information content (AvgIpc) is 2.81. The maximum Gasteiger partial charge on any atom is 0.0411 e. The molecule has 1 unspecified atom stereocenters. The molecule has 0 aliphatic heterocycles. The molecule has 1 aromatic heterocycles. The van der Waals surface area contributed by atoms with Gasteiger partial charge < -0.3 is 5.32 Å². The van der Waals surface area contributed by atoms with Gasteiger partial charge in [-0.15, -0.1) is 0 Å². The maximum atomic E-state index is 6.12. The first-order valence-corrected chi connectivity index (χ1v) is 7.46. The molecule has 1 heterocycles. The fourth-order valence-corrected chi connectivity index (χ4v) is 3.19. The molecule has 1 nitrogen and oxygen atoms in total. The van der Waals surface area contributed by atoms with E-state index in [1.807, 2.05) is 13.1 Å². The molecule has 3 heteroatoms. The first-order valence-electron chi connectivity index (χ1n) is 6.14. The van der Waals surface area contributed by atoms with Gasteiger partial charge in [0.1, 0.15) is 0 Å². The quantitative estimate of drug-likeness (QED) is 0.843. The van der Waals surface area contributed by atoms with Crippen LogP contribution in [0.2, 0.25) is 5.02 Å². The van der Waals surface area contributed by atoms with Crippen molar-refractivity contribution in [1.29, 1.82) is 0 Å². The Morgan fingerprint density at radius 3 is 2.78 bits per heavy atom. The van der Waals surface area contributed by atoms with Crippen molar-refractivity contribution >= 4 is 22.9 Å². The van der Waals surface area contributed by atoms with Crippen LogP contribution in [-0.4, -0.2) is 7.05 Å². The summed E-state index contributed by atoms with van der Waals surface area (Å²) in [4.78, 5) is 0. The monoisotopic (exact) mass is 279 g/mol. The maximum absolute atomic E-state index is 6.12. The van der Waals surface area contributed by atoms with Crippen molar-refractivity contribution in [2.45, 2.75) is 25.8 Å². The van der Waals surface area contributed by atoms with Gasteiger partial charge in [-0.2, -0.15) is 11.3 Å². The minimum Gasteiger partial charge on any atom is -0.313 e. The minimum absolute atomic E-state index is 0.363. The summed E-state index contributed by atoms with van der Waals surface area (Å²) in [5, 5.41) is 8.55.